The molecule has 94 valence electrons. The summed E-state index contributed by atoms with van der Waals surface area (Å²) in [6.45, 7) is 0.503. The number of hydrogen-bond acceptors (Lipinski definition) is 3. The van der Waals surface area contributed by atoms with Crippen LogP contribution in [-0.4, -0.2) is 35.7 Å². The monoisotopic (exact) mass is 246 g/mol. The fourth-order valence-electron chi connectivity index (χ4n) is 2.11. The lowest BCUT2D eigenvalue weighted by Crippen LogP contribution is -2.46. The van der Waals surface area contributed by atoms with Crippen molar-refractivity contribution in [2.24, 2.45) is 0 Å². The fourth-order valence-corrected chi connectivity index (χ4v) is 2.11. The largest absolute Gasteiger partial charge is 0.338 e. The minimum atomic E-state index is -0.557. The number of rotatable bonds is 4. The highest BCUT2D eigenvalue weighted by molar-refractivity contribution is 6.42. The smallest absolute Gasteiger partial charge is 0.296 e. The summed E-state index contributed by atoms with van der Waals surface area (Å²) in [7, 11) is 0. The highest BCUT2D eigenvalue weighted by atomic mass is 16.2. The Morgan fingerprint density at radius 2 is 2.00 bits per heavy atom. The van der Waals surface area contributed by atoms with Crippen LogP contribution < -0.4 is 5.32 Å². The molecule has 5 nitrogen and oxygen atoms in total. The lowest BCUT2D eigenvalue weighted by atomic mass is 10.1. The SMILES string of the molecule is O=CNC1CCCN1C(=O)C(=O)c1ccccc1. The molecule has 0 aromatic heterocycles. The van der Waals surface area contributed by atoms with E-state index in [1.165, 1.54) is 4.90 Å². The Labute approximate surface area is 105 Å². The first-order valence-electron chi connectivity index (χ1n) is 5.84. The molecule has 1 fully saturated rings. The first-order valence-corrected chi connectivity index (χ1v) is 5.84. The van der Waals surface area contributed by atoms with Crippen LogP contribution in [0, 0.1) is 0 Å². The maximum Gasteiger partial charge on any atom is 0.296 e. The number of nitrogens with one attached hydrogen (secondary N) is 1. The summed E-state index contributed by atoms with van der Waals surface area (Å²) >= 11 is 0. The summed E-state index contributed by atoms with van der Waals surface area (Å²) < 4.78 is 0. The molecule has 1 atom stereocenters. The third kappa shape index (κ3) is 2.40. The fraction of sp³-hybridized carbons (Fsp3) is 0.308. The standard InChI is InChI=1S/C13H14N2O3/c16-9-14-11-7-4-8-15(11)13(18)12(17)10-5-2-1-3-6-10/h1-3,5-6,9,11H,4,7-8H2,(H,14,16). The van der Waals surface area contributed by atoms with Gasteiger partial charge in [-0.15, -0.1) is 0 Å². The number of hydrogen-bond donors (Lipinski definition) is 1. The number of nitrogens with zero attached hydrogens (tertiary/aromatic N) is 1. The van der Waals surface area contributed by atoms with Crippen molar-refractivity contribution >= 4 is 18.1 Å². The molecule has 0 radical (unpaired) electrons. The predicted octanol–water partition coefficient (Wildman–Crippen LogP) is 0.564. The van der Waals surface area contributed by atoms with E-state index in [-0.39, 0.29) is 6.17 Å². The molecule has 5 heteroatoms. The minimum absolute atomic E-state index is 0.359. The molecule has 2 amide bonds. The van der Waals surface area contributed by atoms with Crippen LogP contribution in [0.4, 0.5) is 0 Å². The van der Waals surface area contributed by atoms with Gasteiger partial charge in [0.1, 0.15) is 6.17 Å². The second kappa shape index (κ2) is 5.44. The van der Waals surface area contributed by atoms with Gasteiger partial charge in [-0.2, -0.15) is 0 Å². The maximum atomic E-state index is 12.1. The van der Waals surface area contributed by atoms with Gasteiger partial charge in [0, 0.05) is 12.1 Å². The highest BCUT2D eigenvalue weighted by Gasteiger charge is 2.32. The van der Waals surface area contributed by atoms with Gasteiger partial charge in [-0.1, -0.05) is 30.3 Å². The normalized spacial score (nSPS) is 18.4. The second-order valence-electron chi connectivity index (χ2n) is 4.14. The molecule has 1 unspecified atom stereocenters. The first-order chi connectivity index (χ1) is 8.74. The van der Waals surface area contributed by atoms with Crippen LogP contribution in [0.5, 0.6) is 0 Å². The van der Waals surface area contributed by atoms with E-state index in [2.05, 4.69) is 5.32 Å². The van der Waals surface area contributed by atoms with Crippen LogP contribution in [0.15, 0.2) is 30.3 Å². The average molecular weight is 246 g/mol. The van der Waals surface area contributed by atoms with Crippen LogP contribution in [0.25, 0.3) is 0 Å². The van der Waals surface area contributed by atoms with E-state index in [4.69, 9.17) is 0 Å². The first kappa shape index (κ1) is 12.3. The van der Waals surface area contributed by atoms with Crippen LogP contribution in [-0.2, 0) is 9.59 Å². The molecule has 1 heterocycles. The van der Waals surface area contributed by atoms with Crippen molar-refractivity contribution in [1.29, 1.82) is 0 Å². The third-order valence-electron chi connectivity index (χ3n) is 3.00. The lowest BCUT2D eigenvalue weighted by Gasteiger charge is -2.23. The van der Waals surface area contributed by atoms with Gasteiger partial charge in [-0.3, -0.25) is 14.4 Å². The molecule has 0 spiro atoms. The number of amides is 2. The average Bonchev–Trinajstić information content (AvgIpc) is 2.87. The Morgan fingerprint density at radius 1 is 1.28 bits per heavy atom. The molecule has 1 N–H and O–H groups in total. The van der Waals surface area contributed by atoms with Crippen molar-refractivity contribution in [3.8, 4) is 0 Å². The summed E-state index contributed by atoms with van der Waals surface area (Å²) in [5.41, 5.74) is 0.374. The van der Waals surface area contributed by atoms with Crippen LogP contribution in [0.1, 0.15) is 23.2 Å². The van der Waals surface area contributed by atoms with Crippen molar-refractivity contribution in [1.82, 2.24) is 10.2 Å². The number of ketones is 1. The van der Waals surface area contributed by atoms with Gasteiger partial charge >= 0.3 is 0 Å². The van der Waals surface area contributed by atoms with Crippen molar-refractivity contribution < 1.29 is 14.4 Å². The molecule has 1 aromatic carbocycles. The molecule has 2 rings (SSSR count). The summed E-state index contributed by atoms with van der Waals surface area (Å²) in [6, 6.07) is 8.43. The van der Waals surface area contributed by atoms with Gasteiger partial charge in [0.2, 0.25) is 12.2 Å². The summed E-state index contributed by atoms with van der Waals surface area (Å²) in [4.78, 5) is 35.9. The van der Waals surface area contributed by atoms with Crippen molar-refractivity contribution in [2.75, 3.05) is 6.54 Å². The molecule has 1 aliphatic heterocycles. The third-order valence-corrected chi connectivity index (χ3v) is 3.00. The number of carbonyl (C=O) groups excluding carboxylic acids is 3. The van der Waals surface area contributed by atoms with Gasteiger partial charge in [0.15, 0.2) is 0 Å². The molecule has 1 aliphatic rings. The van der Waals surface area contributed by atoms with Crippen molar-refractivity contribution in [2.45, 2.75) is 19.0 Å². The Kier molecular flexibility index (Phi) is 3.72. The molecule has 0 saturated carbocycles. The Hall–Kier alpha value is -2.17. The van der Waals surface area contributed by atoms with E-state index in [1.54, 1.807) is 30.3 Å². The van der Waals surface area contributed by atoms with Crippen molar-refractivity contribution in [3.63, 3.8) is 0 Å². The minimum Gasteiger partial charge on any atom is -0.338 e. The van der Waals surface area contributed by atoms with E-state index >= 15 is 0 Å². The van der Waals surface area contributed by atoms with Gasteiger partial charge in [0.05, 0.1) is 0 Å². The molecular formula is C13H14N2O3. The highest BCUT2D eigenvalue weighted by Crippen LogP contribution is 2.16. The van der Waals surface area contributed by atoms with E-state index < -0.39 is 11.7 Å². The zero-order valence-electron chi connectivity index (χ0n) is 9.83. The number of Topliss-reactive ketones (excluding diaryl/α,β-unsaturated/α-hetero) is 1. The van der Waals surface area contributed by atoms with Crippen LogP contribution in [0.2, 0.25) is 0 Å². The second-order valence-corrected chi connectivity index (χ2v) is 4.14. The molecule has 1 saturated heterocycles. The molecule has 0 bridgehead atoms. The maximum absolute atomic E-state index is 12.1. The number of likely N-dealkylation sites (tertiary alicyclic amines) is 1. The zero-order valence-corrected chi connectivity index (χ0v) is 9.83. The van der Waals surface area contributed by atoms with E-state index in [1.807, 2.05) is 0 Å². The Bertz CT molecular complexity index is 459. The molecule has 0 aliphatic carbocycles. The van der Waals surface area contributed by atoms with E-state index in [0.717, 1.165) is 6.42 Å². The van der Waals surface area contributed by atoms with Gasteiger partial charge in [-0.05, 0) is 12.8 Å². The predicted molar refractivity (Wildman–Crippen MR) is 64.7 cm³/mol. The molecule has 1 aromatic rings. The summed E-state index contributed by atoms with van der Waals surface area (Å²) in [5.74, 6) is -1.09. The topological polar surface area (TPSA) is 66.5 Å². The van der Waals surface area contributed by atoms with Crippen molar-refractivity contribution in [3.05, 3.63) is 35.9 Å². The quantitative estimate of drug-likeness (QED) is 0.479. The Balaban J connectivity index is 2.11. The van der Waals surface area contributed by atoms with Gasteiger partial charge < -0.3 is 10.2 Å². The summed E-state index contributed by atoms with van der Waals surface area (Å²) in [6.07, 6.45) is 1.68. The van der Waals surface area contributed by atoms with Crippen LogP contribution >= 0.6 is 0 Å². The molecular weight excluding hydrogens is 232 g/mol. The lowest BCUT2D eigenvalue weighted by molar-refractivity contribution is -0.128. The van der Waals surface area contributed by atoms with Gasteiger partial charge in [0.25, 0.3) is 5.91 Å². The Morgan fingerprint density at radius 3 is 2.67 bits per heavy atom. The number of benzene rings is 1. The van der Waals surface area contributed by atoms with E-state index in [9.17, 15) is 14.4 Å². The number of carbonyl (C=O) groups is 3. The van der Waals surface area contributed by atoms with Crippen LogP contribution in [0.3, 0.4) is 0 Å². The summed E-state index contributed by atoms with van der Waals surface area (Å²) in [5, 5.41) is 2.55. The van der Waals surface area contributed by atoms with Gasteiger partial charge in [-0.25, -0.2) is 0 Å². The van der Waals surface area contributed by atoms with E-state index in [0.29, 0.717) is 24.9 Å². The zero-order chi connectivity index (χ0) is 13.0. The molecule has 18 heavy (non-hydrogen) atoms.